The van der Waals surface area contributed by atoms with Gasteiger partial charge in [0.05, 0.1) is 11.0 Å². The smallest absolute Gasteiger partial charge is 0.177 e. The lowest BCUT2D eigenvalue weighted by Crippen LogP contribution is -2.80. The van der Waals surface area contributed by atoms with E-state index in [0.29, 0.717) is 25.2 Å². The van der Waals surface area contributed by atoms with Crippen LogP contribution in [0.5, 0.6) is 11.5 Å². The Bertz CT molecular complexity index is 873. The van der Waals surface area contributed by atoms with Crippen molar-refractivity contribution in [3.63, 3.8) is 0 Å². The maximum atomic E-state index is 13.3. The third kappa shape index (κ3) is 2.26. The number of rotatable bonds is 5. The Labute approximate surface area is 182 Å². The highest BCUT2D eigenvalue weighted by molar-refractivity contribution is 8.93. The van der Waals surface area contributed by atoms with Crippen LogP contribution in [0.3, 0.4) is 0 Å². The Balaban J connectivity index is 0.00000205. The Morgan fingerprint density at radius 2 is 2.21 bits per heavy atom. The molecular formula is C23H30BrNO4. The van der Waals surface area contributed by atoms with Crippen LogP contribution in [0, 0.1) is 0 Å². The third-order valence-electron chi connectivity index (χ3n) is 7.84. The first-order valence-electron chi connectivity index (χ1n) is 10.5. The van der Waals surface area contributed by atoms with Crippen molar-refractivity contribution in [2.45, 2.75) is 68.6 Å². The van der Waals surface area contributed by atoms with Crippen LogP contribution >= 0.6 is 17.0 Å². The monoisotopic (exact) mass is 463 g/mol. The normalized spacial score (nSPS) is 36.8. The zero-order valence-electron chi connectivity index (χ0n) is 17.2. The van der Waals surface area contributed by atoms with Gasteiger partial charge in [0.2, 0.25) is 0 Å². The summed E-state index contributed by atoms with van der Waals surface area (Å²) in [4.78, 5) is 15.8. The Hall–Kier alpha value is -1.37. The summed E-state index contributed by atoms with van der Waals surface area (Å²) in [5.41, 5.74) is 0.191. The Morgan fingerprint density at radius 1 is 1.41 bits per heavy atom. The van der Waals surface area contributed by atoms with E-state index in [1.807, 2.05) is 19.1 Å². The molecule has 2 aliphatic heterocycles. The molecule has 1 saturated heterocycles. The molecule has 1 aromatic carbocycles. The van der Waals surface area contributed by atoms with E-state index in [9.17, 15) is 9.90 Å². The molecule has 6 heteroatoms. The molecule has 0 amide bonds. The van der Waals surface area contributed by atoms with E-state index in [1.165, 1.54) is 5.56 Å². The number of ketones is 1. The molecule has 1 saturated carbocycles. The van der Waals surface area contributed by atoms with E-state index in [4.69, 9.17) is 9.47 Å². The number of aromatic hydroxyl groups is 1. The summed E-state index contributed by atoms with van der Waals surface area (Å²) in [6.45, 7) is 10.4. The van der Waals surface area contributed by atoms with Gasteiger partial charge in [-0.3, -0.25) is 9.69 Å². The SMILES string of the molecule is Br.C=CCN1CC[C@]23c4c5ccc(O)c4OC2(C)C(=O)CC[C@@]3(OCCC)[C@H]1C5. The number of phenolic OH excluding ortho intramolecular Hbond substituents is 1. The molecule has 1 spiro atoms. The van der Waals surface area contributed by atoms with E-state index >= 15 is 0 Å². The summed E-state index contributed by atoms with van der Waals surface area (Å²) in [7, 11) is 0. The van der Waals surface area contributed by atoms with Gasteiger partial charge in [-0.25, -0.2) is 0 Å². The standard InChI is InChI=1S/C23H29NO4.BrH/c1-4-11-24-12-10-22-19-15-6-7-16(25)20(19)28-21(22,3)18(26)8-9-23(22,17(24)14-15)27-13-5-2;/h4,6-7,17,25H,1,5,8-14H2,2-3H3;1H/t17-,21?,22+,23-;/m1./s1. The quantitative estimate of drug-likeness (QED) is 0.674. The maximum Gasteiger partial charge on any atom is 0.177 e. The van der Waals surface area contributed by atoms with Gasteiger partial charge in [0.25, 0.3) is 0 Å². The Kier molecular flexibility index (Phi) is 4.91. The molecule has 4 atom stereocenters. The maximum absolute atomic E-state index is 13.3. The number of likely N-dealkylation sites (tertiary alicyclic amines) is 1. The molecule has 0 aromatic heterocycles. The number of carbonyl (C=O) groups is 1. The first-order valence-corrected chi connectivity index (χ1v) is 10.5. The highest BCUT2D eigenvalue weighted by Gasteiger charge is 2.78. The molecule has 1 aromatic rings. The average Bonchev–Trinajstić information content (AvgIpc) is 2.96. The minimum Gasteiger partial charge on any atom is -0.504 e. The van der Waals surface area contributed by atoms with Crippen LogP contribution < -0.4 is 4.74 Å². The number of carbonyl (C=O) groups excluding carboxylic acids is 1. The van der Waals surface area contributed by atoms with E-state index in [0.717, 1.165) is 37.9 Å². The minimum absolute atomic E-state index is 0. The highest BCUT2D eigenvalue weighted by Crippen LogP contribution is 2.69. The molecule has 29 heavy (non-hydrogen) atoms. The van der Waals surface area contributed by atoms with Crippen molar-refractivity contribution >= 4 is 22.8 Å². The van der Waals surface area contributed by atoms with Crippen molar-refractivity contribution in [3.05, 3.63) is 35.9 Å². The molecule has 5 rings (SSSR count). The van der Waals surface area contributed by atoms with Crippen LogP contribution in [0.4, 0.5) is 0 Å². The lowest BCUT2D eigenvalue weighted by atomic mass is 9.45. The van der Waals surface area contributed by atoms with Crippen LogP contribution in [-0.2, 0) is 21.4 Å². The fourth-order valence-electron chi connectivity index (χ4n) is 6.80. The molecule has 2 aliphatic carbocycles. The first kappa shape index (κ1) is 20.9. The number of benzene rings is 1. The predicted molar refractivity (Wildman–Crippen MR) is 116 cm³/mol. The van der Waals surface area contributed by atoms with Crippen molar-refractivity contribution in [1.82, 2.24) is 4.90 Å². The number of phenols is 1. The fraction of sp³-hybridized carbons (Fsp3) is 0.609. The zero-order valence-corrected chi connectivity index (χ0v) is 18.9. The van der Waals surface area contributed by atoms with E-state index in [-0.39, 0.29) is 34.6 Å². The number of Topliss-reactive ketones (excluding diaryl/α,β-unsaturated/α-hetero) is 1. The number of halogens is 1. The van der Waals surface area contributed by atoms with Crippen molar-refractivity contribution in [1.29, 1.82) is 0 Å². The molecule has 1 N–H and O–H groups in total. The molecule has 158 valence electrons. The van der Waals surface area contributed by atoms with E-state index in [1.54, 1.807) is 6.07 Å². The predicted octanol–water partition coefficient (Wildman–Crippen LogP) is 3.70. The first-order chi connectivity index (χ1) is 13.4. The summed E-state index contributed by atoms with van der Waals surface area (Å²) < 4.78 is 13.2. The molecule has 2 fully saturated rings. The lowest BCUT2D eigenvalue weighted by molar-refractivity contribution is -0.229. The summed E-state index contributed by atoms with van der Waals surface area (Å²) >= 11 is 0. The molecule has 2 heterocycles. The fourth-order valence-corrected chi connectivity index (χ4v) is 6.80. The average molecular weight is 464 g/mol. The largest absolute Gasteiger partial charge is 0.504 e. The van der Waals surface area contributed by atoms with Gasteiger partial charge in [-0.1, -0.05) is 19.1 Å². The van der Waals surface area contributed by atoms with Crippen LogP contribution in [-0.4, -0.2) is 52.7 Å². The van der Waals surface area contributed by atoms with Crippen molar-refractivity contribution in [2.75, 3.05) is 19.7 Å². The summed E-state index contributed by atoms with van der Waals surface area (Å²) in [5.74, 6) is 0.769. The second-order valence-corrected chi connectivity index (χ2v) is 8.90. The summed E-state index contributed by atoms with van der Waals surface area (Å²) in [6, 6.07) is 3.90. The number of ether oxygens (including phenoxy) is 2. The highest BCUT2D eigenvalue weighted by atomic mass is 79.9. The molecule has 1 unspecified atom stereocenters. The van der Waals surface area contributed by atoms with Gasteiger partial charge >= 0.3 is 0 Å². The van der Waals surface area contributed by atoms with Crippen molar-refractivity contribution in [2.24, 2.45) is 0 Å². The third-order valence-corrected chi connectivity index (χ3v) is 7.84. The Morgan fingerprint density at radius 3 is 2.93 bits per heavy atom. The van der Waals surface area contributed by atoms with E-state index < -0.39 is 16.6 Å². The van der Waals surface area contributed by atoms with Crippen molar-refractivity contribution in [3.8, 4) is 11.5 Å². The molecule has 2 bridgehead atoms. The summed E-state index contributed by atoms with van der Waals surface area (Å²) in [5, 5.41) is 10.6. The van der Waals surface area contributed by atoms with E-state index in [2.05, 4.69) is 18.4 Å². The topological polar surface area (TPSA) is 59.0 Å². The van der Waals surface area contributed by atoms with Crippen LogP contribution in [0.2, 0.25) is 0 Å². The second kappa shape index (κ2) is 6.82. The van der Waals surface area contributed by atoms with Gasteiger partial charge in [0, 0.05) is 37.7 Å². The number of nitrogens with zero attached hydrogens (tertiary/aromatic N) is 1. The number of hydrogen-bond donors (Lipinski definition) is 1. The molecule has 5 nitrogen and oxygen atoms in total. The minimum atomic E-state index is -0.992. The van der Waals surface area contributed by atoms with Gasteiger partial charge in [-0.2, -0.15) is 0 Å². The number of piperidine rings is 1. The molecular weight excluding hydrogens is 434 g/mol. The number of hydrogen-bond acceptors (Lipinski definition) is 5. The van der Waals surface area contributed by atoms with Crippen LogP contribution in [0.25, 0.3) is 0 Å². The molecule has 0 radical (unpaired) electrons. The van der Waals surface area contributed by atoms with Gasteiger partial charge in [-0.15, -0.1) is 23.6 Å². The lowest BCUT2D eigenvalue weighted by Gasteiger charge is -2.66. The molecule has 4 aliphatic rings. The van der Waals surface area contributed by atoms with Gasteiger partial charge in [-0.05, 0) is 44.2 Å². The van der Waals surface area contributed by atoms with Crippen LogP contribution in [0.15, 0.2) is 24.8 Å². The zero-order chi connectivity index (χ0) is 19.7. The summed E-state index contributed by atoms with van der Waals surface area (Å²) in [6.07, 6.45) is 5.67. The van der Waals surface area contributed by atoms with Crippen molar-refractivity contribution < 1.29 is 19.4 Å². The van der Waals surface area contributed by atoms with Gasteiger partial charge < -0.3 is 14.6 Å². The van der Waals surface area contributed by atoms with Gasteiger partial charge in [0.1, 0.15) is 0 Å². The second-order valence-electron chi connectivity index (χ2n) is 8.90. The van der Waals surface area contributed by atoms with Gasteiger partial charge in [0.15, 0.2) is 22.9 Å². The van der Waals surface area contributed by atoms with Crippen LogP contribution in [0.1, 0.15) is 50.7 Å².